The molecular weight excluding hydrogens is 264 g/mol. The quantitative estimate of drug-likeness (QED) is 0.475. The van der Waals surface area contributed by atoms with E-state index in [1.54, 1.807) is 6.92 Å². The van der Waals surface area contributed by atoms with E-state index in [0.717, 1.165) is 6.42 Å². The maximum absolute atomic E-state index is 11.4. The molecule has 9 nitrogen and oxygen atoms in total. The molecule has 9 heteroatoms. The summed E-state index contributed by atoms with van der Waals surface area (Å²) in [4.78, 5) is 29.6. The van der Waals surface area contributed by atoms with Gasteiger partial charge in [-0.2, -0.15) is 0 Å². The fourth-order valence-corrected chi connectivity index (χ4v) is 1.48. The Kier molecular flexibility index (Phi) is 6.14. The minimum absolute atomic E-state index is 0.0230. The van der Waals surface area contributed by atoms with Gasteiger partial charge >= 0.3 is 5.69 Å². The Morgan fingerprint density at radius 2 is 1.95 bits per heavy atom. The molecule has 110 valence electrons. The van der Waals surface area contributed by atoms with E-state index in [0.29, 0.717) is 13.1 Å². The SMILES string of the molecule is CCCNc1ncnc(NCC(=O)NCC)c1[N+](=O)[O-]. The number of rotatable bonds is 8. The van der Waals surface area contributed by atoms with Crippen LogP contribution in [-0.2, 0) is 4.79 Å². The van der Waals surface area contributed by atoms with Gasteiger partial charge in [-0.15, -0.1) is 0 Å². The lowest BCUT2D eigenvalue weighted by Crippen LogP contribution is -2.29. The fraction of sp³-hybridized carbons (Fsp3) is 0.545. The number of aromatic nitrogens is 2. The number of hydrogen-bond donors (Lipinski definition) is 3. The normalized spacial score (nSPS) is 9.90. The lowest BCUT2D eigenvalue weighted by Gasteiger charge is -2.09. The monoisotopic (exact) mass is 282 g/mol. The first-order valence-electron chi connectivity index (χ1n) is 6.33. The van der Waals surface area contributed by atoms with E-state index >= 15 is 0 Å². The Balaban J connectivity index is 2.88. The zero-order valence-corrected chi connectivity index (χ0v) is 11.5. The molecule has 0 radical (unpaired) electrons. The van der Waals surface area contributed by atoms with Crippen molar-refractivity contribution >= 4 is 23.2 Å². The van der Waals surface area contributed by atoms with E-state index < -0.39 is 4.92 Å². The highest BCUT2D eigenvalue weighted by Crippen LogP contribution is 2.28. The summed E-state index contributed by atoms with van der Waals surface area (Å²) >= 11 is 0. The number of carbonyl (C=O) groups excluding carboxylic acids is 1. The first-order valence-corrected chi connectivity index (χ1v) is 6.33. The fourth-order valence-electron chi connectivity index (χ4n) is 1.48. The van der Waals surface area contributed by atoms with Gasteiger partial charge in [0, 0.05) is 13.1 Å². The van der Waals surface area contributed by atoms with Gasteiger partial charge in [0.15, 0.2) is 0 Å². The van der Waals surface area contributed by atoms with Crippen LogP contribution in [0.2, 0.25) is 0 Å². The highest BCUT2D eigenvalue weighted by molar-refractivity contribution is 5.82. The zero-order chi connectivity index (χ0) is 15.0. The second kappa shape index (κ2) is 7.87. The van der Waals surface area contributed by atoms with Crippen LogP contribution in [-0.4, -0.2) is 40.4 Å². The van der Waals surface area contributed by atoms with Crippen LogP contribution in [0.5, 0.6) is 0 Å². The molecule has 0 fully saturated rings. The second-order valence-electron chi connectivity index (χ2n) is 3.91. The molecule has 0 aliphatic carbocycles. The Bertz CT molecular complexity index is 479. The number of likely N-dealkylation sites (N-methyl/N-ethyl adjacent to an activating group) is 1. The molecule has 20 heavy (non-hydrogen) atoms. The van der Waals surface area contributed by atoms with Crippen molar-refractivity contribution in [3.05, 3.63) is 16.4 Å². The predicted octanol–water partition coefficient (Wildman–Crippen LogP) is 0.755. The molecule has 0 unspecified atom stereocenters. The van der Waals surface area contributed by atoms with Gasteiger partial charge in [0.1, 0.15) is 6.33 Å². The number of nitrogens with one attached hydrogen (secondary N) is 3. The van der Waals surface area contributed by atoms with Crippen LogP contribution < -0.4 is 16.0 Å². The lowest BCUT2D eigenvalue weighted by atomic mass is 10.4. The van der Waals surface area contributed by atoms with Crippen LogP contribution in [0.4, 0.5) is 17.3 Å². The number of anilines is 2. The average Bonchev–Trinajstić information content (AvgIpc) is 2.42. The summed E-state index contributed by atoms with van der Waals surface area (Å²) in [7, 11) is 0. The molecule has 0 spiro atoms. The van der Waals surface area contributed by atoms with E-state index in [2.05, 4.69) is 25.9 Å². The van der Waals surface area contributed by atoms with E-state index in [1.165, 1.54) is 6.33 Å². The van der Waals surface area contributed by atoms with Crippen LogP contribution in [0.1, 0.15) is 20.3 Å². The number of hydrogen-bond acceptors (Lipinski definition) is 7. The van der Waals surface area contributed by atoms with Gasteiger partial charge in [-0.3, -0.25) is 14.9 Å². The van der Waals surface area contributed by atoms with Crippen LogP contribution in [0, 0.1) is 10.1 Å². The van der Waals surface area contributed by atoms with E-state index in [-0.39, 0.29) is 29.8 Å². The third-order valence-corrected chi connectivity index (χ3v) is 2.34. The van der Waals surface area contributed by atoms with Crippen molar-refractivity contribution in [3.8, 4) is 0 Å². The Morgan fingerprint density at radius 3 is 2.50 bits per heavy atom. The molecule has 0 saturated carbocycles. The minimum Gasteiger partial charge on any atom is -0.364 e. The van der Waals surface area contributed by atoms with Crippen molar-refractivity contribution in [2.75, 3.05) is 30.3 Å². The molecule has 0 aromatic carbocycles. The number of nitro groups is 1. The van der Waals surface area contributed by atoms with Crippen molar-refractivity contribution in [1.29, 1.82) is 0 Å². The summed E-state index contributed by atoms with van der Waals surface area (Å²) in [5.74, 6) is -0.0939. The smallest absolute Gasteiger partial charge is 0.353 e. The third-order valence-electron chi connectivity index (χ3n) is 2.34. The van der Waals surface area contributed by atoms with Crippen LogP contribution in [0.15, 0.2) is 6.33 Å². The molecule has 1 rings (SSSR count). The number of amides is 1. The highest BCUT2D eigenvalue weighted by Gasteiger charge is 2.22. The summed E-state index contributed by atoms with van der Waals surface area (Å²) < 4.78 is 0. The maximum Gasteiger partial charge on any atom is 0.353 e. The molecule has 3 N–H and O–H groups in total. The van der Waals surface area contributed by atoms with Gasteiger partial charge in [-0.25, -0.2) is 9.97 Å². The van der Waals surface area contributed by atoms with Gasteiger partial charge in [-0.05, 0) is 13.3 Å². The Morgan fingerprint density at radius 1 is 1.30 bits per heavy atom. The second-order valence-corrected chi connectivity index (χ2v) is 3.91. The van der Waals surface area contributed by atoms with E-state index in [9.17, 15) is 14.9 Å². The third kappa shape index (κ3) is 4.34. The molecular formula is C11H18N6O3. The van der Waals surface area contributed by atoms with Crippen molar-refractivity contribution in [2.45, 2.75) is 20.3 Å². The van der Waals surface area contributed by atoms with Gasteiger partial charge in [0.2, 0.25) is 17.5 Å². The van der Waals surface area contributed by atoms with Crippen molar-refractivity contribution < 1.29 is 9.72 Å². The molecule has 1 aromatic rings. The van der Waals surface area contributed by atoms with Gasteiger partial charge < -0.3 is 16.0 Å². The molecule has 0 aliphatic heterocycles. The molecule has 1 aromatic heterocycles. The molecule has 0 atom stereocenters. The Hall–Kier alpha value is -2.45. The van der Waals surface area contributed by atoms with Crippen molar-refractivity contribution in [1.82, 2.24) is 15.3 Å². The summed E-state index contributed by atoms with van der Waals surface area (Å²) in [5.41, 5.74) is -0.259. The highest BCUT2D eigenvalue weighted by atomic mass is 16.6. The summed E-state index contributed by atoms with van der Waals surface area (Å²) in [6, 6.07) is 0. The summed E-state index contributed by atoms with van der Waals surface area (Å²) in [6.45, 7) is 4.70. The standard InChI is InChI=1S/C11H18N6O3/c1-3-5-13-10-9(17(19)20)11(16-7-15-10)14-6-8(18)12-4-2/h7H,3-6H2,1-2H3,(H,12,18)(H2,13,14,15,16). The predicted molar refractivity (Wildman–Crippen MR) is 74.6 cm³/mol. The average molecular weight is 282 g/mol. The van der Waals surface area contributed by atoms with Crippen molar-refractivity contribution in [3.63, 3.8) is 0 Å². The Labute approximate surface area is 116 Å². The summed E-state index contributed by atoms with van der Waals surface area (Å²) in [5, 5.41) is 19.2. The molecule has 0 aliphatic rings. The maximum atomic E-state index is 11.4. The van der Waals surface area contributed by atoms with Crippen LogP contribution in [0.3, 0.4) is 0 Å². The first-order chi connectivity index (χ1) is 9.60. The number of nitrogens with zero attached hydrogens (tertiary/aromatic N) is 3. The zero-order valence-electron chi connectivity index (χ0n) is 11.5. The van der Waals surface area contributed by atoms with Crippen LogP contribution in [0.25, 0.3) is 0 Å². The largest absolute Gasteiger partial charge is 0.364 e. The van der Waals surface area contributed by atoms with Gasteiger partial charge in [-0.1, -0.05) is 6.92 Å². The van der Waals surface area contributed by atoms with Gasteiger partial charge in [0.05, 0.1) is 11.5 Å². The molecule has 1 heterocycles. The lowest BCUT2D eigenvalue weighted by molar-refractivity contribution is -0.383. The van der Waals surface area contributed by atoms with Crippen molar-refractivity contribution in [2.24, 2.45) is 0 Å². The molecule has 1 amide bonds. The summed E-state index contributed by atoms with van der Waals surface area (Å²) in [6.07, 6.45) is 2.02. The van der Waals surface area contributed by atoms with Gasteiger partial charge in [0.25, 0.3) is 0 Å². The van der Waals surface area contributed by atoms with E-state index in [1.807, 2.05) is 6.92 Å². The topological polar surface area (TPSA) is 122 Å². The minimum atomic E-state index is -0.571. The molecule has 0 bridgehead atoms. The first kappa shape index (κ1) is 15.6. The van der Waals surface area contributed by atoms with E-state index in [4.69, 9.17) is 0 Å². The molecule has 0 saturated heterocycles. The van der Waals surface area contributed by atoms with Crippen LogP contribution >= 0.6 is 0 Å². The number of carbonyl (C=O) groups is 1.